The van der Waals surface area contributed by atoms with E-state index in [4.69, 9.17) is 4.74 Å². The molecular weight excluding hydrogens is 372 g/mol. The summed E-state index contributed by atoms with van der Waals surface area (Å²) in [5, 5.41) is 12.1. The number of nitrogens with one attached hydrogen (secondary N) is 1. The van der Waals surface area contributed by atoms with Crippen LogP contribution < -0.4 is 10.1 Å². The quantitative estimate of drug-likeness (QED) is 0.782. The maximum absolute atomic E-state index is 12.9. The number of benzene rings is 2. The minimum atomic E-state index is -0.991. The molecular formula is C22H24N2O5. The van der Waals surface area contributed by atoms with Gasteiger partial charge >= 0.3 is 5.97 Å². The van der Waals surface area contributed by atoms with Crippen LogP contribution in [0.5, 0.6) is 5.75 Å². The summed E-state index contributed by atoms with van der Waals surface area (Å²) in [5.41, 5.74) is 0.792. The summed E-state index contributed by atoms with van der Waals surface area (Å²) in [6.45, 7) is 2.05. The maximum Gasteiger partial charge on any atom is 0.326 e. The summed E-state index contributed by atoms with van der Waals surface area (Å²) < 4.78 is 5.61. The second-order valence-electron chi connectivity index (χ2n) is 6.99. The molecule has 1 fully saturated rings. The van der Waals surface area contributed by atoms with Gasteiger partial charge in [0, 0.05) is 17.8 Å². The van der Waals surface area contributed by atoms with Crippen molar-refractivity contribution in [1.29, 1.82) is 0 Å². The number of hydrogen-bond acceptors (Lipinski definition) is 4. The molecule has 1 aliphatic rings. The van der Waals surface area contributed by atoms with Gasteiger partial charge in [0.1, 0.15) is 11.8 Å². The van der Waals surface area contributed by atoms with Crippen molar-refractivity contribution in [2.45, 2.75) is 38.3 Å². The van der Waals surface area contributed by atoms with E-state index >= 15 is 0 Å². The molecule has 0 bridgehead atoms. The lowest BCUT2D eigenvalue weighted by Gasteiger charge is -2.33. The smallest absolute Gasteiger partial charge is 0.326 e. The van der Waals surface area contributed by atoms with Crippen molar-refractivity contribution in [3.63, 3.8) is 0 Å². The fourth-order valence-electron chi connectivity index (χ4n) is 3.33. The standard InChI is InChI=1S/C22H24N2O5/c1-15(29-18-10-3-2-4-11-18)20(25)23-17-9-7-8-16(14-17)21(26)24-13-6-5-12-19(24)22(27)28/h2-4,7-11,14-15,19H,5-6,12-13H2,1H3,(H,23,25)(H,27,28). The van der Waals surface area contributed by atoms with Gasteiger partial charge in [0.15, 0.2) is 6.10 Å². The topological polar surface area (TPSA) is 95.9 Å². The Labute approximate surface area is 169 Å². The van der Waals surface area contributed by atoms with Crippen LogP contribution >= 0.6 is 0 Å². The molecule has 29 heavy (non-hydrogen) atoms. The summed E-state index contributed by atoms with van der Waals surface area (Å²) in [6.07, 6.45) is 1.29. The van der Waals surface area contributed by atoms with Crippen LogP contribution in [0.3, 0.4) is 0 Å². The van der Waals surface area contributed by atoms with E-state index in [1.807, 2.05) is 18.2 Å². The predicted molar refractivity (Wildman–Crippen MR) is 108 cm³/mol. The molecule has 7 heteroatoms. The highest BCUT2D eigenvalue weighted by Gasteiger charge is 2.32. The number of rotatable bonds is 6. The van der Waals surface area contributed by atoms with Gasteiger partial charge in [-0.2, -0.15) is 0 Å². The van der Waals surface area contributed by atoms with Gasteiger partial charge in [-0.25, -0.2) is 4.79 Å². The van der Waals surface area contributed by atoms with Gasteiger partial charge in [-0.05, 0) is 56.5 Å². The molecule has 2 amide bonds. The summed E-state index contributed by atoms with van der Waals surface area (Å²) in [7, 11) is 0. The first-order valence-electron chi connectivity index (χ1n) is 9.62. The third-order valence-corrected chi connectivity index (χ3v) is 4.85. The highest BCUT2D eigenvalue weighted by Crippen LogP contribution is 2.21. The lowest BCUT2D eigenvalue weighted by molar-refractivity contribution is -0.143. The number of carboxylic acids is 1. The van der Waals surface area contributed by atoms with Crippen LogP contribution in [0.15, 0.2) is 54.6 Å². The molecule has 2 N–H and O–H groups in total. The minimum absolute atomic E-state index is 0.340. The normalized spacial score (nSPS) is 17.3. The van der Waals surface area contributed by atoms with E-state index in [1.165, 1.54) is 4.90 Å². The Bertz CT molecular complexity index is 884. The molecule has 152 valence electrons. The number of para-hydroxylation sites is 1. The molecule has 0 aromatic heterocycles. The molecule has 2 atom stereocenters. The minimum Gasteiger partial charge on any atom is -0.481 e. The molecule has 1 heterocycles. The van der Waals surface area contributed by atoms with Crippen molar-refractivity contribution in [2.75, 3.05) is 11.9 Å². The number of aliphatic carboxylic acids is 1. The SMILES string of the molecule is CC(Oc1ccccc1)C(=O)Nc1cccc(C(=O)N2CCCCC2C(=O)O)c1. The molecule has 0 radical (unpaired) electrons. The van der Waals surface area contributed by atoms with E-state index in [0.29, 0.717) is 30.0 Å². The first-order chi connectivity index (χ1) is 14.0. The Morgan fingerprint density at radius 3 is 2.59 bits per heavy atom. The summed E-state index contributed by atoms with van der Waals surface area (Å²) in [4.78, 5) is 38.2. The maximum atomic E-state index is 12.9. The molecule has 1 saturated heterocycles. The van der Waals surface area contributed by atoms with E-state index in [0.717, 1.165) is 12.8 Å². The predicted octanol–water partition coefficient (Wildman–Crippen LogP) is 3.17. The largest absolute Gasteiger partial charge is 0.481 e. The first-order valence-corrected chi connectivity index (χ1v) is 9.62. The third-order valence-electron chi connectivity index (χ3n) is 4.85. The summed E-state index contributed by atoms with van der Waals surface area (Å²) in [5.74, 6) is -1.10. The van der Waals surface area contributed by atoms with Gasteiger partial charge in [0.2, 0.25) is 0 Å². The molecule has 0 aliphatic carbocycles. The average Bonchev–Trinajstić information content (AvgIpc) is 2.74. The van der Waals surface area contributed by atoms with Crippen LogP contribution in [0.25, 0.3) is 0 Å². The Morgan fingerprint density at radius 1 is 1.10 bits per heavy atom. The third kappa shape index (κ3) is 5.13. The van der Waals surface area contributed by atoms with Gasteiger partial charge in [0.25, 0.3) is 11.8 Å². The number of hydrogen-bond donors (Lipinski definition) is 2. The van der Waals surface area contributed by atoms with Gasteiger partial charge in [-0.15, -0.1) is 0 Å². The van der Waals surface area contributed by atoms with E-state index in [-0.39, 0.29) is 11.8 Å². The van der Waals surface area contributed by atoms with Gasteiger partial charge in [0.05, 0.1) is 0 Å². The fraction of sp³-hybridized carbons (Fsp3) is 0.318. The van der Waals surface area contributed by atoms with Crippen molar-refractivity contribution in [3.05, 3.63) is 60.2 Å². The molecule has 7 nitrogen and oxygen atoms in total. The van der Waals surface area contributed by atoms with Crippen LogP contribution in [0.2, 0.25) is 0 Å². The first kappa shape index (κ1) is 20.4. The lowest BCUT2D eigenvalue weighted by atomic mass is 10.0. The average molecular weight is 396 g/mol. The molecule has 1 aliphatic heterocycles. The van der Waals surface area contributed by atoms with E-state index in [2.05, 4.69) is 5.32 Å². The number of nitrogens with zero attached hydrogens (tertiary/aromatic N) is 1. The van der Waals surface area contributed by atoms with E-state index in [9.17, 15) is 19.5 Å². The number of piperidine rings is 1. The number of ether oxygens (including phenoxy) is 1. The van der Waals surface area contributed by atoms with Gasteiger partial charge < -0.3 is 20.1 Å². The highest BCUT2D eigenvalue weighted by atomic mass is 16.5. The number of amides is 2. The number of carbonyl (C=O) groups is 3. The molecule has 0 saturated carbocycles. The van der Waals surface area contributed by atoms with E-state index < -0.39 is 18.1 Å². The van der Waals surface area contributed by atoms with Crippen molar-refractivity contribution < 1.29 is 24.2 Å². The fourth-order valence-corrected chi connectivity index (χ4v) is 3.33. The van der Waals surface area contributed by atoms with Crippen molar-refractivity contribution in [2.24, 2.45) is 0 Å². The van der Waals surface area contributed by atoms with Crippen molar-refractivity contribution >= 4 is 23.5 Å². The van der Waals surface area contributed by atoms with Crippen molar-refractivity contribution in [3.8, 4) is 5.75 Å². The Morgan fingerprint density at radius 2 is 1.86 bits per heavy atom. The summed E-state index contributed by atoms with van der Waals surface area (Å²) in [6, 6.07) is 14.7. The zero-order valence-electron chi connectivity index (χ0n) is 16.2. The second kappa shape index (κ2) is 9.23. The zero-order valence-corrected chi connectivity index (χ0v) is 16.2. The lowest BCUT2D eigenvalue weighted by Crippen LogP contribution is -2.48. The highest BCUT2D eigenvalue weighted by molar-refractivity contribution is 5.99. The Hall–Kier alpha value is -3.35. The molecule has 3 rings (SSSR count). The molecule has 2 aromatic rings. The molecule has 0 spiro atoms. The van der Waals surface area contributed by atoms with E-state index in [1.54, 1.807) is 43.3 Å². The number of likely N-dealkylation sites (tertiary alicyclic amines) is 1. The Kier molecular flexibility index (Phi) is 6.49. The number of carbonyl (C=O) groups excluding carboxylic acids is 2. The number of carboxylic acid groups (broad SMARTS) is 1. The van der Waals surface area contributed by atoms with Crippen LogP contribution in [0, 0.1) is 0 Å². The van der Waals surface area contributed by atoms with Gasteiger partial charge in [-0.1, -0.05) is 24.3 Å². The van der Waals surface area contributed by atoms with Crippen molar-refractivity contribution in [1.82, 2.24) is 4.90 Å². The van der Waals surface area contributed by atoms with Crippen LogP contribution in [0.1, 0.15) is 36.5 Å². The van der Waals surface area contributed by atoms with Crippen LogP contribution in [-0.4, -0.2) is 46.5 Å². The van der Waals surface area contributed by atoms with Crippen LogP contribution in [0.4, 0.5) is 5.69 Å². The van der Waals surface area contributed by atoms with Crippen LogP contribution in [-0.2, 0) is 9.59 Å². The Balaban J connectivity index is 1.68. The molecule has 2 aromatic carbocycles. The molecule has 2 unspecified atom stereocenters. The second-order valence-corrected chi connectivity index (χ2v) is 6.99. The zero-order chi connectivity index (χ0) is 20.8. The number of anilines is 1. The summed E-state index contributed by atoms with van der Waals surface area (Å²) >= 11 is 0. The van der Waals surface area contributed by atoms with Gasteiger partial charge in [-0.3, -0.25) is 9.59 Å². The monoisotopic (exact) mass is 396 g/mol.